The predicted octanol–water partition coefficient (Wildman–Crippen LogP) is 6.70. The van der Waals surface area contributed by atoms with Crippen molar-refractivity contribution in [2.75, 3.05) is 11.5 Å². The highest BCUT2D eigenvalue weighted by Gasteiger charge is 2.58. The molecule has 0 aliphatic carbocycles. The molecule has 0 bridgehead atoms. The quantitative estimate of drug-likeness (QED) is 0.305. The number of fused-ring (bicyclic) bond motifs is 4. The average molecular weight is 471 g/mol. The molecule has 0 N–H and O–H groups in total. The van der Waals surface area contributed by atoms with Gasteiger partial charge in [0.15, 0.2) is 0 Å². The normalized spacial score (nSPS) is 18.1. The molecule has 6 rings (SSSR count). The van der Waals surface area contributed by atoms with Crippen molar-refractivity contribution in [2.45, 2.75) is 18.4 Å². The van der Waals surface area contributed by atoms with Crippen molar-refractivity contribution in [2.24, 2.45) is 4.99 Å². The Morgan fingerprint density at radius 3 is 2.22 bits per heavy atom. The summed E-state index contributed by atoms with van der Waals surface area (Å²) < 4.78 is 6.22. The number of amides is 1. The minimum Gasteiger partial charge on any atom is -0.491 e. The molecule has 0 saturated heterocycles. The van der Waals surface area contributed by atoms with Crippen LogP contribution in [0.25, 0.3) is 0 Å². The molecule has 176 valence electrons. The van der Waals surface area contributed by atoms with Gasteiger partial charge >= 0.3 is 0 Å². The van der Waals surface area contributed by atoms with E-state index in [1.54, 1.807) is 12.3 Å². The Morgan fingerprint density at radius 1 is 0.917 bits per heavy atom. The van der Waals surface area contributed by atoms with Gasteiger partial charge in [0.25, 0.3) is 0 Å². The minimum atomic E-state index is -0.931. The third-order valence-corrected chi connectivity index (χ3v) is 7.22. The van der Waals surface area contributed by atoms with E-state index in [-0.39, 0.29) is 18.6 Å². The van der Waals surface area contributed by atoms with Crippen LogP contribution in [-0.2, 0) is 10.2 Å². The van der Waals surface area contributed by atoms with Gasteiger partial charge in [-0.05, 0) is 47.4 Å². The van der Waals surface area contributed by atoms with E-state index in [0.29, 0.717) is 0 Å². The molecule has 2 heterocycles. The Labute approximate surface area is 211 Å². The number of aliphatic imine (C=N–C) groups is 1. The maximum atomic E-state index is 14.7. The monoisotopic (exact) mass is 470 g/mol. The molecule has 2 aliphatic heterocycles. The standard InChI is InChI=1S/C32H26N2O2/c1-3-18-33-27-20-26-29(19-22(27)2)36-21-32(26)25-16-10-11-17-28(25)34(31(32)35)30(23-12-6-4-7-13-23)24-14-8-5-9-15-24/h3-20,30H,1,21H2,2H3. The van der Waals surface area contributed by atoms with Gasteiger partial charge in [0.1, 0.15) is 17.8 Å². The summed E-state index contributed by atoms with van der Waals surface area (Å²) in [6, 6.07) is 32.3. The summed E-state index contributed by atoms with van der Waals surface area (Å²) in [6.45, 7) is 6.01. The molecule has 36 heavy (non-hydrogen) atoms. The smallest absolute Gasteiger partial charge is 0.246 e. The van der Waals surface area contributed by atoms with E-state index in [4.69, 9.17) is 4.74 Å². The summed E-state index contributed by atoms with van der Waals surface area (Å²) in [7, 11) is 0. The zero-order chi connectivity index (χ0) is 24.7. The van der Waals surface area contributed by atoms with Crippen molar-refractivity contribution in [3.8, 4) is 5.75 Å². The third-order valence-electron chi connectivity index (χ3n) is 7.22. The summed E-state index contributed by atoms with van der Waals surface area (Å²) >= 11 is 0. The Hall–Kier alpha value is -4.44. The number of benzene rings is 4. The molecular weight excluding hydrogens is 444 g/mol. The summed E-state index contributed by atoms with van der Waals surface area (Å²) in [5.74, 6) is 0.758. The number of allylic oxidation sites excluding steroid dienone is 1. The maximum Gasteiger partial charge on any atom is 0.246 e. The highest BCUT2D eigenvalue weighted by atomic mass is 16.5. The highest BCUT2D eigenvalue weighted by Crippen LogP contribution is 2.55. The van der Waals surface area contributed by atoms with Gasteiger partial charge in [-0.2, -0.15) is 0 Å². The number of carbonyl (C=O) groups excluding carboxylic acids is 1. The number of rotatable bonds is 5. The van der Waals surface area contributed by atoms with E-state index in [9.17, 15) is 4.79 Å². The van der Waals surface area contributed by atoms with Gasteiger partial charge in [0.05, 0.1) is 11.7 Å². The Kier molecular flexibility index (Phi) is 5.30. The summed E-state index contributed by atoms with van der Waals surface area (Å²) in [5.41, 5.74) is 5.73. The Bertz CT molecular complexity index is 1450. The van der Waals surface area contributed by atoms with Crippen molar-refractivity contribution in [1.29, 1.82) is 0 Å². The molecule has 0 radical (unpaired) electrons. The molecule has 2 aliphatic rings. The van der Waals surface area contributed by atoms with E-state index in [2.05, 4.69) is 41.9 Å². The lowest BCUT2D eigenvalue weighted by molar-refractivity contribution is -0.122. The molecule has 0 aromatic heterocycles. The molecule has 1 spiro atoms. The first-order valence-corrected chi connectivity index (χ1v) is 12.1. The lowest BCUT2D eigenvalue weighted by atomic mass is 9.76. The van der Waals surface area contributed by atoms with Crippen molar-refractivity contribution in [3.05, 3.63) is 138 Å². The first-order chi connectivity index (χ1) is 17.6. The molecule has 1 atom stereocenters. The SMILES string of the molecule is C=CC=Nc1cc2c(cc1C)OCC21C(=O)N(C(c2ccccc2)c2ccccc2)c2ccccc21. The van der Waals surface area contributed by atoms with Crippen LogP contribution in [-0.4, -0.2) is 18.7 Å². The van der Waals surface area contributed by atoms with Crippen LogP contribution < -0.4 is 9.64 Å². The van der Waals surface area contributed by atoms with E-state index in [1.165, 1.54) is 0 Å². The molecule has 0 fully saturated rings. The number of hydrogen-bond acceptors (Lipinski definition) is 3. The molecule has 4 nitrogen and oxygen atoms in total. The highest BCUT2D eigenvalue weighted by molar-refractivity contribution is 6.12. The first-order valence-electron chi connectivity index (χ1n) is 12.1. The van der Waals surface area contributed by atoms with E-state index in [0.717, 1.165) is 44.9 Å². The average Bonchev–Trinajstić information content (AvgIpc) is 3.40. The number of anilines is 1. The second-order valence-electron chi connectivity index (χ2n) is 9.26. The Morgan fingerprint density at radius 2 is 1.56 bits per heavy atom. The van der Waals surface area contributed by atoms with Gasteiger partial charge in [0, 0.05) is 17.5 Å². The van der Waals surface area contributed by atoms with Crippen LogP contribution >= 0.6 is 0 Å². The predicted molar refractivity (Wildman–Crippen MR) is 144 cm³/mol. The zero-order valence-corrected chi connectivity index (χ0v) is 20.1. The topological polar surface area (TPSA) is 41.9 Å². The maximum absolute atomic E-state index is 14.7. The van der Waals surface area contributed by atoms with Crippen LogP contribution in [0.2, 0.25) is 0 Å². The fourth-order valence-corrected chi connectivity index (χ4v) is 5.55. The second kappa shape index (κ2) is 8.65. The van der Waals surface area contributed by atoms with Crippen molar-refractivity contribution in [1.82, 2.24) is 0 Å². The van der Waals surface area contributed by atoms with E-state index < -0.39 is 5.41 Å². The van der Waals surface area contributed by atoms with Crippen LogP contribution in [0.1, 0.15) is 33.9 Å². The fraction of sp³-hybridized carbons (Fsp3) is 0.125. The number of hydrogen-bond donors (Lipinski definition) is 0. The lowest BCUT2D eigenvalue weighted by Crippen LogP contribution is -2.44. The number of carbonyl (C=O) groups is 1. The largest absolute Gasteiger partial charge is 0.491 e. The summed E-state index contributed by atoms with van der Waals surface area (Å²) in [6.07, 6.45) is 3.33. The van der Waals surface area contributed by atoms with Crippen molar-refractivity contribution < 1.29 is 9.53 Å². The number of ether oxygens (including phenoxy) is 1. The number of para-hydroxylation sites is 1. The number of nitrogens with zero attached hydrogens (tertiary/aromatic N) is 2. The van der Waals surface area contributed by atoms with Gasteiger partial charge < -0.3 is 4.74 Å². The van der Waals surface area contributed by atoms with E-state index in [1.807, 2.05) is 78.6 Å². The molecule has 1 amide bonds. The van der Waals surface area contributed by atoms with Crippen LogP contribution in [0, 0.1) is 6.92 Å². The molecular formula is C32H26N2O2. The molecule has 4 aromatic carbocycles. The third kappa shape index (κ3) is 3.22. The molecule has 4 heteroatoms. The van der Waals surface area contributed by atoms with Crippen LogP contribution in [0.3, 0.4) is 0 Å². The summed E-state index contributed by atoms with van der Waals surface area (Å²) in [4.78, 5) is 21.3. The van der Waals surface area contributed by atoms with Gasteiger partial charge in [-0.1, -0.05) is 91.5 Å². The molecule has 0 saturated carbocycles. The minimum absolute atomic E-state index is 0.0164. The van der Waals surface area contributed by atoms with Crippen molar-refractivity contribution >= 4 is 23.5 Å². The number of aryl methyl sites for hydroxylation is 1. The molecule has 1 unspecified atom stereocenters. The molecule has 4 aromatic rings. The second-order valence-corrected chi connectivity index (χ2v) is 9.26. The Balaban J connectivity index is 1.58. The summed E-state index contributed by atoms with van der Waals surface area (Å²) in [5, 5.41) is 0. The lowest BCUT2D eigenvalue weighted by Gasteiger charge is -2.31. The van der Waals surface area contributed by atoms with Crippen LogP contribution in [0.15, 0.2) is 115 Å². The zero-order valence-electron chi connectivity index (χ0n) is 20.1. The fourth-order valence-electron chi connectivity index (χ4n) is 5.55. The van der Waals surface area contributed by atoms with Crippen molar-refractivity contribution in [3.63, 3.8) is 0 Å². The van der Waals surface area contributed by atoms with Gasteiger partial charge in [-0.15, -0.1) is 0 Å². The van der Waals surface area contributed by atoms with Gasteiger partial charge in [-0.25, -0.2) is 0 Å². The van der Waals surface area contributed by atoms with E-state index >= 15 is 0 Å². The first kappa shape index (κ1) is 22.1. The van der Waals surface area contributed by atoms with Crippen LogP contribution in [0.5, 0.6) is 5.75 Å². The van der Waals surface area contributed by atoms with Gasteiger partial charge in [0.2, 0.25) is 5.91 Å². The van der Waals surface area contributed by atoms with Gasteiger partial charge in [-0.3, -0.25) is 14.7 Å². The van der Waals surface area contributed by atoms with Crippen LogP contribution in [0.4, 0.5) is 11.4 Å².